The highest BCUT2D eigenvalue weighted by molar-refractivity contribution is 7.10. The molecule has 0 amide bonds. The molecule has 2 aromatic rings. The minimum atomic E-state index is 0.387. The van der Waals surface area contributed by atoms with Crippen LogP contribution in [0.2, 0.25) is 0 Å². The molecule has 0 aromatic carbocycles. The zero-order chi connectivity index (χ0) is 16.1. The first-order chi connectivity index (χ1) is 11.3. The summed E-state index contributed by atoms with van der Waals surface area (Å²) in [5.74, 6) is 1.47. The van der Waals surface area contributed by atoms with Crippen LogP contribution in [-0.2, 0) is 17.7 Å². The van der Waals surface area contributed by atoms with Crippen LogP contribution >= 0.6 is 11.3 Å². The van der Waals surface area contributed by atoms with E-state index >= 15 is 0 Å². The van der Waals surface area contributed by atoms with Crippen LogP contribution in [0, 0.1) is 0 Å². The first kappa shape index (κ1) is 16.6. The molecular weight excluding hydrogens is 312 g/mol. The number of aromatic nitrogens is 2. The van der Waals surface area contributed by atoms with E-state index in [0.717, 1.165) is 45.1 Å². The Morgan fingerprint density at radius 1 is 1.39 bits per heavy atom. The van der Waals surface area contributed by atoms with Crippen LogP contribution in [0.15, 0.2) is 22.0 Å². The Morgan fingerprint density at radius 3 is 2.87 bits per heavy atom. The number of ether oxygens (including phenoxy) is 1. The highest BCUT2D eigenvalue weighted by atomic mass is 32.1. The van der Waals surface area contributed by atoms with Gasteiger partial charge in [-0.15, -0.1) is 11.3 Å². The van der Waals surface area contributed by atoms with Crippen LogP contribution in [0.3, 0.4) is 0 Å². The number of hydrogen-bond donors (Lipinski definition) is 0. The normalized spacial score (nSPS) is 17.7. The zero-order valence-electron chi connectivity index (χ0n) is 13.8. The standard InChI is InChI=1S/C16H24N4O2S/c1-3-15-17-16(22-18-15)12-19(2)11-13(14-5-4-10-23-14)20-6-8-21-9-7-20/h4-5,10,13H,3,6-9,11-12H2,1-2H3/t13-/m1/s1. The van der Waals surface area contributed by atoms with E-state index in [2.05, 4.69) is 44.5 Å². The first-order valence-corrected chi connectivity index (χ1v) is 8.99. The number of aryl methyl sites for hydroxylation is 1. The van der Waals surface area contributed by atoms with Gasteiger partial charge in [0.2, 0.25) is 5.89 Å². The van der Waals surface area contributed by atoms with Crippen molar-refractivity contribution < 1.29 is 9.26 Å². The van der Waals surface area contributed by atoms with Crippen LogP contribution in [0.1, 0.15) is 29.6 Å². The molecular formula is C16H24N4O2S. The molecule has 3 rings (SSSR count). The molecule has 0 unspecified atom stereocenters. The smallest absolute Gasteiger partial charge is 0.240 e. The summed E-state index contributed by atoms with van der Waals surface area (Å²) in [4.78, 5) is 10.6. The van der Waals surface area contributed by atoms with Gasteiger partial charge in [0.15, 0.2) is 5.82 Å². The molecule has 6 nitrogen and oxygen atoms in total. The lowest BCUT2D eigenvalue weighted by Crippen LogP contribution is -2.42. The van der Waals surface area contributed by atoms with Gasteiger partial charge in [0, 0.05) is 30.9 Å². The number of rotatable bonds is 7. The number of hydrogen-bond acceptors (Lipinski definition) is 7. The van der Waals surface area contributed by atoms with Crippen LogP contribution in [0.25, 0.3) is 0 Å². The summed E-state index contributed by atoms with van der Waals surface area (Å²) in [6.07, 6.45) is 0.804. The first-order valence-electron chi connectivity index (χ1n) is 8.11. The van der Waals surface area contributed by atoms with E-state index in [1.54, 1.807) is 0 Å². The van der Waals surface area contributed by atoms with Gasteiger partial charge in [-0.3, -0.25) is 9.80 Å². The van der Waals surface area contributed by atoms with Crippen molar-refractivity contribution in [3.8, 4) is 0 Å². The maximum atomic E-state index is 5.50. The summed E-state index contributed by atoms with van der Waals surface area (Å²) in [6.45, 7) is 7.24. The molecule has 1 aliphatic rings. The minimum Gasteiger partial charge on any atom is -0.379 e. The third kappa shape index (κ3) is 4.38. The topological polar surface area (TPSA) is 54.6 Å². The van der Waals surface area contributed by atoms with Gasteiger partial charge >= 0.3 is 0 Å². The Morgan fingerprint density at radius 2 is 2.22 bits per heavy atom. The lowest BCUT2D eigenvalue weighted by atomic mass is 10.1. The Hall–Kier alpha value is -1.28. The van der Waals surface area contributed by atoms with Crippen molar-refractivity contribution in [1.29, 1.82) is 0 Å². The third-order valence-corrected chi connectivity index (χ3v) is 5.05. The second kappa shape index (κ2) is 8.01. The molecule has 0 saturated carbocycles. The minimum absolute atomic E-state index is 0.387. The fraction of sp³-hybridized carbons (Fsp3) is 0.625. The lowest BCUT2D eigenvalue weighted by molar-refractivity contribution is 0.00908. The molecule has 23 heavy (non-hydrogen) atoms. The van der Waals surface area contributed by atoms with Crippen LogP contribution < -0.4 is 0 Å². The highest BCUT2D eigenvalue weighted by Crippen LogP contribution is 2.27. The maximum absolute atomic E-state index is 5.50. The molecule has 7 heteroatoms. The van der Waals surface area contributed by atoms with Gasteiger partial charge in [-0.05, 0) is 18.5 Å². The molecule has 0 N–H and O–H groups in total. The number of likely N-dealkylation sites (N-methyl/N-ethyl adjacent to an activating group) is 1. The largest absolute Gasteiger partial charge is 0.379 e. The average molecular weight is 336 g/mol. The van der Waals surface area contributed by atoms with Gasteiger partial charge in [-0.1, -0.05) is 18.1 Å². The number of morpholine rings is 1. The molecule has 0 spiro atoms. The van der Waals surface area contributed by atoms with Gasteiger partial charge in [-0.2, -0.15) is 4.98 Å². The van der Waals surface area contributed by atoms with Crippen molar-refractivity contribution in [3.63, 3.8) is 0 Å². The lowest BCUT2D eigenvalue weighted by Gasteiger charge is -2.35. The van der Waals surface area contributed by atoms with E-state index in [9.17, 15) is 0 Å². The quantitative estimate of drug-likeness (QED) is 0.773. The van der Waals surface area contributed by atoms with Gasteiger partial charge in [0.25, 0.3) is 0 Å². The summed E-state index contributed by atoms with van der Waals surface area (Å²) in [5, 5.41) is 6.12. The summed E-state index contributed by atoms with van der Waals surface area (Å²) in [5.41, 5.74) is 0. The third-order valence-electron chi connectivity index (χ3n) is 4.07. The number of nitrogens with zero attached hydrogens (tertiary/aromatic N) is 4. The molecule has 1 fully saturated rings. The monoisotopic (exact) mass is 336 g/mol. The SMILES string of the molecule is CCc1noc(CN(C)C[C@H](c2cccs2)N2CCOCC2)n1. The fourth-order valence-corrected chi connectivity index (χ4v) is 3.70. The van der Waals surface area contributed by atoms with Gasteiger partial charge in [0.05, 0.1) is 25.8 Å². The Bertz CT molecular complexity index is 581. The highest BCUT2D eigenvalue weighted by Gasteiger charge is 2.25. The van der Waals surface area contributed by atoms with Gasteiger partial charge in [-0.25, -0.2) is 0 Å². The van der Waals surface area contributed by atoms with Crippen LogP contribution in [0.4, 0.5) is 0 Å². The summed E-state index contributed by atoms with van der Waals surface area (Å²) in [6, 6.07) is 4.73. The second-order valence-electron chi connectivity index (χ2n) is 5.83. The molecule has 1 atom stereocenters. The summed E-state index contributed by atoms with van der Waals surface area (Å²) >= 11 is 1.82. The zero-order valence-corrected chi connectivity index (χ0v) is 14.6. The molecule has 0 aliphatic carbocycles. The predicted molar refractivity (Wildman–Crippen MR) is 89.5 cm³/mol. The van der Waals surface area contributed by atoms with Crippen molar-refractivity contribution in [2.75, 3.05) is 39.9 Å². The van der Waals surface area contributed by atoms with E-state index in [0.29, 0.717) is 18.5 Å². The van der Waals surface area contributed by atoms with Crippen molar-refractivity contribution in [2.45, 2.75) is 25.9 Å². The molecule has 0 bridgehead atoms. The molecule has 1 saturated heterocycles. The van der Waals surface area contributed by atoms with Gasteiger partial charge < -0.3 is 9.26 Å². The number of thiophene rings is 1. The molecule has 3 heterocycles. The van der Waals surface area contributed by atoms with Crippen LogP contribution in [-0.4, -0.2) is 59.8 Å². The van der Waals surface area contributed by atoms with E-state index < -0.39 is 0 Å². The van der Waals surface area contributed by atoms with E-state index in [-0.39, 0.29) is 0 Å². The van der Waals surface area contributed by atoms with E-state index in [4.69, 9.17) is 9.26 Å². The Kier molecular flexibility index (Phi) is 5.77. The van der Waals surface area contributed by atoms with Crippen molar-refractivity contribution in [2.24, 2.45) is 0 Å². The van der Waals surface area contributed by atoms with E-state index in [1.165, 1.54) is 4.88 Å². The summed E-state index contributed by atoms with van der Waals surface area (Å²) in [7, 11) is 2.11. The molecule has 2 aromatic heterocycles. The average Bonchev–Trinajstić information content (AvgIpc) is 3.25. The van der Waals surface area contributed by atoms with Gasteiger partial charge in [0.1, 0.15) is 0 Å². The van der Waals surface area contributed by atoms with Crippen molar-refractivity contribution in [3.05, 3.63) is 34.1 Å². The molecule has 0 radical (unpaired) electrons. The Balaban J connectivity index is 1.65. The maximum Gasteiger partial charge on any atom is 0.240 e. The van der Waals surface area contributed by atoms with Crippen molar-refractivity contribution in [1.82, 2.24) is 19.9 Å². The van der Waals surface area contributed by atoms with E-state index in [1.807, 2.05) is 18.3 Å². The van der Waals surface area contributed by atoms with Crippen molar-refractivity contribution >= 4 is 11.3 Å². The van der Waals surface area contributed by atoms with Crippen LogP contribution in [0.5, 0.6) is 0 Å². The summed E-state index contributed by atoms with van der Waals surface area (Å²) < 4.78 is 10.8. The fourth-order valence-electron chi connectivity index (χ4n) is 2.84. The molecule has 1 aliphatic heterocycles. The second-order valence-corrected chi connectivity index (χ2v) is 6.81. The molecule has 126 valence electrons. The predicted octanol–water partition coefficient (Wildman–Crippen LogP) is 2.20. The Labute approximate surface area is 141 Å².